The van der Waals surface area contributed by atoms with Crippen molar-refractivity contribution in [3.8, 4) is 0 Å². The van der Waals surface area contributed by atoms with Crippen LogP contribution >= 0.6 is 7.26 Å². The first-order valence-corrected chi connectivity index (χ1v) is 10.7. The number of hydrogen-bond donors (Lipinski definition) is 0. The molecule has 0 aliphatic heterocycles. The summed E-state index contributed by atoms with van der Waals surface area (Å²) in [5.74, 6) is 0. The van der Waals surface area contributed by atoms with Gasteiger partial charge in [0.2, 0.25) is 0 Å². The van der Waals surface area contributed by atoms with Crippen LogP contribution in [0.4, 0.5) is 0 Å². The lowest BCUT2D eigenvalue weighted by Gasteiger charge is -2.10. The average Bonchev–Trinajstić information content (AvgIpc) is 2.19. The maximum Gasteiger partial charge on any atom is 0.0586 e. The lowest BCUT2D eigenvalue weighted by molar-refractivity contribution is -0.00000389. The SMILES string of the molecule is CCCCCCCCCCCC[P+](C)(C)C.[Cl-]. The minimum atomic E-state index is -0.490. The van der Waals surface area contributed by atoms with Gasteiger partial charge in [-0.05, 0) is 12.8 Å². The van der Waals surface area contributed by atoms with Gasteiger partial charge < -0.3 is 12.4 Å². The van der Waals surface area contributed by atoms with Gasteiger partial charge in [-0.25, -0.2) is 0 Å². The first kappa shape index (κ1) is 20.0. The molecule has 0 aliphatic carbocycles. The maximum absolute atomic E-state index is 2.46. The smallest absolute Gasteiger partial charge is 0.0586 e. The van der Waals surface area contributed by atoms with Crippen LogP contribution in [0.25, 0.3) is 0 Å². The van der Waals surface area contributed by atoms with E-state index in [2.05, 4.69) is 26.9 Å². The Bertz CT molecular complexity index is 140. The molecular formula is C15H34ClP. The highest BCUT2D eigenvalue weighted by Crippen LogP contribution is 2.47. The first-order chi connectivity index (χ1) is 7.56. The van der Waals surface area contributed by atoms with E-state index in [-0.39, 0.29) is 12.4 Å². The van der Waals surface area contributed by atoms with Gasteiger partial charge in [-0.3, -0.25) is 0 Å². The van der Waals surface area contributed by atoms with Gasteiger partial charge in [-0.15, -0.1) is 0 Å². The first-order valence-electron chi connectivity index (χ1n) is 7.36. The van der Waals surface area contributed by atoms with Crippen molar-refractivity contribution in [3.63, 3.8) is 0 Å². The van der Waals surface area contributed by atoms with Gasteiger partial charge in [0.25, 0.3) is 0 Å². The Morgan fingerprint density at radius 1 is 0.588 bits per heavy atom. The molecule has 0 unspecified atom stereocenters. The summed E-state index contributed by atoms with van der Waals surface area (Å²) in [5.41, 5.74) is 0. The largest absolute Gasteiger partial charge is 1.00 e. The van der Waals surface area contributed by atoms with Crippen LogP contribution in [0.2, 0.25) is 0 Å². The molecule has 0 amide bonds. The summed E-state index contributed by atoms with van der Waals surface area (Å²) in [6.45, 7) is 9.67. The van der Waals surface area contributed by atoms with E-state index < -0.39 is 7.26 Å². The van der Waals surface area contributed by atoms with E-state index in [0.29, 0.717) is 0 Å². The average molecular weight is 281 g/mol. The highest BCUT2D eigenvalue weighted by atomic mass is 35.5. The van der Waals surface area contributed by atoms with Crippen LogP contribution < -0.4 is 12.4 Å². The molecule has 17 heavy (non-hydrogen) atoms. The van der Waals surface area contributed by atoms with Crippen molar-refractivity contribution >= 4 is 7.26 Å². The van der Waals surface area contributed by atoms with Gasteiger partial charge in [0, 0.05) is 27.3 Å². The quantitative estimate of drug-likeness (QED) is 0.403. The van der Waals surface area contributed by atoms with E-state index in [4.69, 9.17) is 0 Å². The van der Waals surface area contributed by atoms with Crippen molar-refractivity contribution in [1.29, 1.82) is 0 Å². The molecule has 0 N–H and O–H groups in total. The molecule has 0 saturated carbocycles. The molecule has 2 heteroatoms. The zero-order valence-corrected chi connectivity index (χ0v) is 14.3. The summed E-state index contributed by atoms with van der Waals surface area (Å²) >= 11 is 0. The molecule has 0 aliphatic rings. The molecule has 0 nitrogen and oxygen atoms in total. The highest BCUT2D eigenvalue weighted by molar-refractivity contribution is 7.73. The normalized spacial score (nSPS) is 11.3. The minimum Gasteiger partial charge on any atom is -1.00 e. The third-order valence-electron chi connectivity index (χ3n) is 3.18. The Kier molecular flexibility index (Phi) is 15.5. The summed E-state index contributed by atoms with van der Waals surface area (Å²) in [7, 11) is -0.490. The Morgan fingerprint density at radius 3 is 1.29 bits per heavy atom. The van der Waals surface area contributed by atoms with E-state index in [0.717, 1.165) is 0 Å². The lowest BCUT2D eigenvalue weighted by Crippen LogP contribution is -3.00. The summed E-state index contributed by atoms with van der Waals surface area (Å²) < 4.78 is 0. The Morgan fingerprint density at radius 2 is 0.941 bits per heavy atom. The van der Waals surface area contributed by atoms with Crippen molar-refractivity contribution in [2.24, 2.45) is 0 Å². The fourth-order valence-corrected chi connectivity index (χ4v) is 3.25. The topological polar surface area (TPSA) is 0 Å². The predicted molar refractivity (Wildman–Crippen MR) is 81.4 cm³/mol. The predicted octanol–water partition coefficient (Wildman–Crippen LogP) is 2.82. The third-order valence-corrected chi connectivity index (χ3v) is 4.84. The van der Waals surface area contributed by atoms with Crippen molar-refractivity contribution in [2.45, 2.75) is 71.1 Å². The van der Waals surface area contributed by atoms with Crippen molar-refractivity contribution in [2.75, 3.05) is 26.2 Å². The Hall–Kier alpha value is 0.720. The molecule has 0 atom stereocenters. The van der Waals surface area contributed by atoms with E-state index in [9.17, 15) is 0 Å². The summed E-state index contributed by atoms with van der Waals surface area (Å²) in [5, 5.41) is 0. The molecule has 0 saturated heterocycles. The zero-order chi connectivity index (χ0) is 12.3. The number of halogens is 1. The fourth-order valence-electron chi connectivity index (χ4n) is 2.07. The van der Waals surface area contributed by atoms with E-state index in [1.807, 2.05) is 0 Å². The lowest BCUT2D eigenvalue weighted by atomic mass is 10.1. The Balaban J connectivity index is 0. The van der Waals surface area contributed by atoms with Gasteiger partial charge in [-0.1, -0.05) is 58.3 Å². The monoisotopic (exact) mass is 280 g/mol. The van der Waals surface area contributed by atoms with Gasteiger partial charge in [0.15, 0.2) is 0 Å². The van der Waals surface area contributed by atoms with Gasteiger partial charge >= 0.3 is 0 Å². The maximum atomic E-state index is 2.46. The molecule has 0 rings (SSSR count). The van der Waals surface area contributed by atoms with E-state index >= 15 is 0 Å². The van der Waals surface area contributed by atoms with Crippen molar-refractivity contribution in [1.82, 2.24) is 0 Å². The molecule has 0 radical (unpaired) electrons. The summed E-state index contributed by atoms with van der Waals surface area (Å²) in [6.07, 6.45) is 16.1. The van der Waals surface area contributed by atoms with E-state index in [1.54, 1.807) is 0 Å². The van der Waals surface area contributed by atoms with Gasteiger partial charge in [0.05, 0.1) is 6.16 Å². The molecule has 0 heterocycles. The van der Waals surface area contributed by atoms with Crippen LogP contribution in [0.1, 0.15) is 71.1 Å². The fraction of sp³-hybridized carbons (Fsp3) is 1.00. The molecule has 0 aromatic rings. The molecule has 0 spiro atoms. The summed E-state index contributed by atoms with van der Waals surface area (Å²) in [4.78, 5) is 0. The summed E-state index contributed by atoms with van der Waals surface area (Å²) in [6, 6.07) is 0. The second-order valence-electron chi connectivity index (χ2n) is 6.20. The molecule has 106 valence electrons. The molecule has 0 aromatic carbocycles. The van der Waals surface area contributed by atoms with Crippen molar-refractivity contribution < 1.29 is 12.4 Å². The Labute approximate surface area is 117 Å². The number of unbranched alkanes of at least 4 members (excludes halogenated alkanes) is 9. The highest BCUT2D eigenvalue weighted by Gasteiger charge is 2.15. The van der Waals surface area contributed by atoms with Gasteiger partial charge in [0.1, 0.15) is 0 Å². The minimum absolute atomic E-state index is 0. The zero-order valence-electron chi connectivity index (χ0n) is 12.6. The van der Waals surface area contributed by atoms with Crippen molar-refractivity contribution in [3.05, 3.63) is 0 Å². The van der Waals surface area contributed by atoms with Crippen LogP contribution in [-0.4, -0.2) is 26.2 Å². The molecule has 0 bridgehead atoms. The van der Waals surface area contributed by atoms with Crippen LogP contribution in [0.5, 0.6) is 0 Å². The molecule has 0 aromatic heterocycles. The number of rotatable bonds is 11. The van der Waals surface area contributed by atoms with Crippen LogP contribution in [0.15, 0.2) is 0 Å². The second kappa shape index (κ2) is 13.2. The third kappa shape index (κ3) is 19.2. The van der Waals surface area contributed by atoms with Crippen LogP contribution in [0.3, 0.4) is 0 Å². The molecular weight excluding hydrogens is 247 g/mol. The second-order valence-corrected chi connectivity index (χ2v) is 11.2. The van der Waals surface area contributed by atoms with E-state index in [1.165, 1.54) is 70.4 Å². The standard InChI is InChI=1S/C15H34P.ClH/c1-5-6-7-8-9-10-11-12-13-14-15-16(2,3)4;/h5-15H2,1-4H3;1H/q+1;/p-1. The van der Waals surface area contributed by atoms with Gasteiger partial charge in [-0.2, -0.15) is 0 Å². The van der Waals surface area contributed by atoms with Crippen LogP contribution in [-0.2, 0) is 0 Å². The number of hydrogen-bond acceptors (Lipinski definition) is 0. The van der Waals surface area contributed by atoms with Crippen LogP contribution in [0, 0.1) is 0 Å². The molecule has 0 fully saturated rings.